The Bertz CT molecular complexity index is 323. The molecule has 3 heteroatoms. The van der Waals surface area contributed by atoms with Crippen LogP contribution < -0.4 is 5.73 Å². The average molecular weight is 221 g/mol. The van der Waals surface area contributed by atoms with Crippen LogP contribution in [0, 0.1) is 0 Å². The van der Waals surface area contributed by atoms with E-state index in [9.17, 15) is 0 Å². The van der Waals surface area contributed by atoms with E-state index >= 15 is 0 Å². The fourth-order valence-electron chi connectivity index (χ4n) is 2.05. The molecule has 0 aromatic heterocycles. The smallest absolute Gasteiger partial charge is 0.0839 e. The molecule has 1 aromatic rings. The molecule has 2 unspecified atom stereocenters. The van der Waals surface area contributed by atoms with Crippen LogP contribution >= 0.6 is 0 Å². The Labute approximate surface area is 96.5 Å². The Kier molecular flexibility index (Phi) is 3.93. The van der Waals surface area contributed by atoms with Gasteiger partial charge < -0.3 is 15.2 Å². The summed E-state index contributed by atoms with van der Waals surface area (Å²) in [6, 6.07) is 8.66. The van der Waals surface area contributed by atoms with Gasteiger partial charge in [-0.05, 0) is 24.0 Å². The van der Waals surface area contributed by atoms with Crippen molar-refractivity contribution in [1.82, 2.24) is 0 Å². The van der Waals surface area contributed by atoms with E-state index in [0.717, 1.165) is 19.4 Å². The number of ether oxygens (including phenoxy) is 2. The van der Waals surface area contributed by atoms with Crippen LogP contribution in [0.2, 0.25) is 0 Å². The first-order valence-corrected chi connectivity index (χ1v) is 5.74. The Morgan fingerprint density at radius 3 is 2.75 bits per heavy atom. The molecule has 1 aliphatic heterocycles. The van der Waals surface area contributed by atoms with Crippen molar-refractivity contribution in [2.45, 2.75) is 31.6 Å². The van der Waals surface area contributed by atoms with Gasteiger partial charge >= 0.3 is 0 Å². The predicted molar refractivity (Wildman–Crippen MR) is 63.1 cm³/mol. The molecule has 0 spiro atoms. The molecule has 1 heterocycles. The van der Waals surface area contributed by atoms with Crippen molar-refractivity contribution in [1.29, 1.82) is 0 Å². The second kappa shape index (κ2) is 5.43. The van der Waals surface area contributed by atoms with Crippen molar-refractivity contribution in [3.63, 3.8) is 0 Å². The molecule has 16 heavy (non-hydrogen) atoms. The van der Waals surface area contributed by atoms with Gasteiger partial charge in [0.25, 0.3) is 0 Å². The monoisotopic (exact) mass is 221 g/mol. The number of benzene rings is 1. The van der Waals surface area contributed by atoms with Gasteiger partial charge in [-0.3, -0.25) is 0 Å². The summed E-state index contributed by atoms with van der Waals surface area (Å²) in [6.45, 7) is 1.43. The van der Waals surface area contributed by atoms with Gasteiger partial charge in [-0.15, -0.1) is 0 Å². The molecule has 1 aliphatic rings. The molecule has 1 fully saturated rings. The second-order valence-electron chi connectivity index (χ2n) is 4.32. The minimum Gasteiger partial charge on any atom is -0.380 e. The van der Waals surface area contributed by atoms with Gasteiger partial charge in [0.1, 0.15) is 0 Å². The topological polar surface area (TPSA) is 44.5 Å². The van der Waals surface area contributed by atoms with E-state index in [0.29, 0.717) is 6.61 Å². The Balaban J connectivity index is 2.03. The Morgan fingerprint density at radius 2 is 2.12 bits per heavy atom. The summed E-state index contributed by atoms with van der Waals surface area (Å²) < 4.78 is 10.8. The quantitative estimate of drug-likeness (QED) is 0.849. The lowest BCUT2D eigenvalue weighted by Crippen LogP contribution is -2.30. The van der Waals surface area contributed by atoms with Crippen LogP contribution in [0.5, 0.6) is 0 Å². The highest BCUT2D eigenvalue weighted by atomic mass is 16.5. The summed E-state index contributed by atoms with van der Waals surface area (Å²) >= 11 is 0. The van der Waals surface area contributed by atoms with Crippen LogP contribution in [0.25, 0.3) is 0 Å². The van der Waals surface area contributed by atoms with Gasteiger partial charge in [0, 0.05) is 19.8 Å². The molecule has 2 N–H and O–H groups in total. The Hall–Kier alpha value is -0.900. The number of hydrogen-bond acceptors (Lipinski definition) is 3. The van der Waals surface area contributed by atoms with E-state index in [1.807, 2.05) is 0 Å². The fraction of sp³-hybridized carbons (Fsp3) is 0.538. The molecule has 0 saturated carbocycles. The fourth-order valence-corrected chi connectivity index (χ4v) is 2.05. The van der Waals surface area contributed by atoms with Crippen molar-refractivity contribution in [2.24, 2.45) is 5.73 Å². The van der Waals surface area contributed by atoms with Crippen LogP contribution in [-0.2, 0) is 16.1 Å². The van der Waals surface area contributed by atoms with E-state index in [-0.39, 0.29) is 12.1 Å². The van der Waals surface area contributed by atoms with Crippen molar-refractivity contribution in [2.75, 3.05) is 13.7 Å². The summed E-state index contributed by atoms with van der Waals surface area (Å²) in [7, 11) is 1.71. The second-order valence-corrected chi connectivity index (χ2v) is 4.32. The van der Waals surface area contributed by atoms with Gasteiger partial charge in [-0.2, -0.15) is 0 Å². The highest BCUT2D eigenvalue weighted by Gasteiger charge is 2.20. The standard InChI is InChI=1S/C13H19NO2/c1-15-9-10-2-4-11(5-3-10)13-8-12(14)6-7-16-13/h2-5,12-13H,6-9,14H2,1H3. The van der Waals surface area contributed by atoms with Crippen molar-refractivity contribution >= 4 is 0 Å². The van der Waals surface area contributed by atoms with Crippen LogP contribution in [0.15, 0.2) is 24.3 Å². The lowest BCUT2D eigenvalue weighted by Gasteiger charge is -2.27. The molecule has 3 nitrogen and oxygen atoms in total. The van der Waals surface area contributed by atoms with E-state index in [1.165, 1.54) is 11.1 Å². The molecular weight excluding hydrogens is 202 g/mol. The maximum absolute atomic E-state index is 5.94. The molecule has 1 aromatic carbocycles. The molecule has 0 amide bonds. The van der Waals surface area contributed by atoms with Gasteiger partial charge in [0.15, 0.2) is 0 Å². The highest BCUT2D eigenvalue weighted by molar-refractivity contribution is 5.24. The third-order valence-electron chi connectivity index (χ3n) is 2.99. The zero-order valence-corrected chi connectivity index (χ0v) is 9.69. The third-order valence-corrected chi connectivity index (χ3v) is 2.99. The Morgan fingerprint density at radius 1 is 1.38 bits per heavy atom. The minimum absolute atomic E-state index is 0.167. The first kappa shape index (κ1) is 11.6. The van der Waals surface area contributed by atoms with Crippen LogP contribution in [0.1, 0.15) is 30.1 Å². The molecular formula is C13H19NO2. The summed E-state index contributed by atoms with van der Waals surface area (Å²) in [5, 5.41) is 0. The molecule has 2 atom stereocenters. The number of methoxy groups -OCH3 is 1. The number of hydrogen-bond donors (Lipinski definition) is 1. The zero-order valence-electron chi connectivity index (χ0n) is 9.69. The maximum Gasteiger partial charge on any atom is 0.0839 e. The number of nitrogens with two attached hydrogens (primary N) is 1. The molecule has 88 valence electrons. The number of rotatable bonds is 3. The van der Waals surface area contributed by atoms with Crippen LogP contribution in [-0.4, -0.2) is 19.8 Å². The summed E-state index contributed by atoms with van der Waals surface area (Å²) in [5.41, 5.74) is 8.34. The molecule has 2 rings (SSSR count). The highest BCUT2D eigenvalue weighted by Crippen LogP contribution is 2.27. The van der Waals surface area contributed by atoms with Gasteiger partial charge in [-0.1, -0.05) is 24.3 Å². The van der Waals surface area contributed by atoms with Crippen molar-refractivity contribution < 1.29 is 9.47 Å². The van der Waals surface area contributed by atoms with Gasteiger partial charge in [0.05, 0.1) is 12.7 Å². The van der Waals surface area contributed by atoms with Gasteiger partial charge in [-0.25, -0.2) is 0 Å². The summed E-state index contributed by atoms with van der Waals surface area (Å²) in [4.78, 5) is 0. The SMILES string of the molecule is COCc1ccc(C2CC(N)CCO2)cc1. The first-order chi connectivity index (χ1) is 7.79. The largest absolute Gasteiger partial charge is 0.380 e. The molecule has 0 bridgehead atoms. The first-order valence-electron chi connectivity index (χ1n) is 5.74. The lowest BCUT2D eigenvalue weighted by atomic mass is 9.97. The van der Waals surface area contributed by atoms with E-state index in [4.69, 9.17) is 15.2 Å². The van der Waals surface area contributed by atoms with E-state index in [2.05, 4.69) is 24.3 Å². The average Bonchev–Trinajstić information content (AvgIpc) is 2.30. The molecule has 0 radical (unpaired) electrons. The normalized spacial score (nSPS) is 25.6. The van der Waals surface area contributed by atoms with E-state index in [1.54, 1.807) is 7.11 Å². The van der Waals surface area contributed by atoms with Crippen LogP contribution in [0.3, 0.4) is 0 Å². The summed E-state index contributed by atoms with van der Waals surface area (Å²) in [5.74, 6) is 0. The maximum atomic E-state index is 5.94. The van der Waals surface area contributed by atoms with Gasteiger partial charge in [0.2, 0.25) is 0 Å². The molecule has 0 aliphatic carbocycles. The molecule has 1 saturated heterocycles. The van der Waals surface area contributed by atoms with Crippen molar-refractivity contribution in [3.05, 3.63) is 35.4 Å². The van der Waals surface area contributed by atoms with E-state index < -0.39 is 0 Å². The predicted octanol–water partition coefficient (Wildman–Crippen LogP) is 2.01. The lowest BCUT2D eigenvalue weighted by molar-refractivity contribution is 0.00665. The summed E-state index contributed by atoms with van der Waals surface area (Å²) in [6.07, 6.45) is 2.06. The zero-order chi connectivity index (χ0) is 11.4. The van der Waals surface area contributed by atoms with Crippen LogP contribution in [0.4, 0.5) is 0 Å². The third kappa shape index (κ3) is 2.82. The minimum atomic E-state index is 0.167. The van der Waals surface area contributed by atoms with Crippen molar-refractivity contribution in [3.8, 4) is 0 Å².